The molecule has 0 aliphatic heterocycles. The van der Waals surface area contributed by atoms with Gasteiger partial charge in [-0.15, -0.1) is 0 Å². The Bertz CT molecular complexity index is 981. The van der Waals surface area contributed by atoms with Gasteiger partial charge < -0.3 is 5.32 Å². The molecule has 0 radical (unpaired) electrons. The van der Waals surface area contributed by atoms with E-state index in [9.17, 15) is 9.59 Å². The molecule has 1 N–H and O–H groups in total. The number of pyridine rings is 1. The van der Waals surface area contributed by atoms with Crippen LogP contribution in [0.25, 0.3) is 5.69 Å². The highest BCUT2D eigenvalue weighted by molar-refractivity contribution is 5.92. The molecule has 0 aliphatic rings. The van der Waals surface area contributed by atoms with Gasteiger partial charge in [-0.2, -0.15) is 0 Å². The van der Waals surface area contributed by atoms with E-state index in [1.54, 1.807) is 12.3 Å². The number of benzene rings is 2. The molecule has 0 saturated heterocycles. The van der Waals surface area contributed by atoms with Crippen LogP contribution < -0.4 is 10.9 Å². The second kappa shape index (κ2) is 7.62. The summed E-state index contributed by atoms with van der Waals surface area (Å²) in [6, 6.07) is 20.5. The van der Waals surface area contributed by atoms with Crippen LogP contribution in [0.5, 0.6) is 0 Å². The van der Waals surface area contributed by atoms with E-state index in [1.807, 2.05) is 42.5 Å². The Morgan fingerprint density at radius 2 is 1.59 bits per heavy atom. The molecule has 0 aliphatic carbocycles. The molecule has 1 aromatic heterocycles. The van der Waals surface area contributed by atoms with Crippen molar-refractivity contribution in [2.45, 2.75) is 32.6 Å². The average molecular weight is 360 g/mol. The summed E-state index contributed by atoms with van der Waals surface area (Å²) in [6.45, 7) is 6.49. The van der Waals surface area contributed by atoms with Crippen molar-refractivity contribution in [3.8, 4) is 5.69 Å². The highest BCUT2D eigenvalue weighted by atomic mass is 16.1. The molecule has 0 atom stereocenters. The Morgan fingerprint density at radius 3 is 2.22 bits per heavy atom. The molecule has 1 heterocycles. The maximum atomic E-state index is 12.4. The molecule has 27 heavy (non-hydrogen) atoms. The zero-order chi connectivity index (χ0) is 19.4. The second-order valence-electron chi connectivity index (χ2n) is 7.63. The van der Waals surface area contributed by atoms with Crippen molar-refractivity contribution in [3.05, 3.63) is 94.4 Å². The Morgan fingerprint density at radius 1 is 0.926 bits per heavy atom. The molecule has 3 rings (SSSR count). The van der Waals surface area contributed by atoms with Gasteiger partial charge in [-0.25, -0.2) is 0 Å². The van der Waals surface area contributed by atoms with Crippen LogP contribution in [0.3, 0.4) is 0 Å². The lowest BCUT2D eigenvalue weighted by molar-refractivity contribution is -0.115. The number of carbonyl (C=O) groups is 1. The maximum Gasteiger partial charge on any atom is 0.255 e. The third-order valence-corrected chi connectivity index (χ3v) is 4.41. The number of nitrogens with one attached hydrogen (secondary N) is 1. The molecular formula is C23H24N2O2. The first kappa shape index (κ1) is 18.6. The van der Waals surface area contributed by atoms with Crippen LogP contribution in [-0.4, -0.2) is 10.5 Å². The molecular weight excluding hydrogens is 336 g/mol. The van der Waals surface area contributed by atoms with Crippen molar-refractivity contribution >= 4 is 11.6 Å². The highest BCUT2D eigenvalue weighted by Crippen LogP contribution is 2.22. The number of para-hydroxylation sites is 1. The van der Waals surface area contributed by atoms with Gasteiger partial charge in [0.15, 0.2) is 0 Å². The summed E-state index contributed by atoms with van der Waals surface area (Å²) >= 11 is 0. The lowest BCUT2D eigenvalue weighted by Crippen LogP contribution is -2.20. The third kappa shape index (κ3) is 4.73. The fourth-order valence-electron chi connectivity index (χ4n) is 2.86. The Kier molecular flexibility index (Phi) is 5.26. The van der Waals surface area contributed by atoms with Crippen LogP contribution in [0.2, 0.25) is 0 Å². The number of hydrogen-bond acceptors (Lipinski definition) is 2. The molecule has 138 valence electrons. The van der Waals surface area contributed by atoms with Crippen molar-refractivity contribution in [1.29, 1.82) is 0 Å². The summed E-state index contributed by atoms with van der Waals surface area (Å²) in [7, 11) is 0. The fourth-order valence-corrected chi connectivity index (χ4v) is 2.86. The lowest BCUT2D eigenvalue weighted by atomic mass is 9.86. The van der Waals surface area contributed by atoms with Crippen molar-refractivity contribution in [3.63, 3.8) is 0 Å². The van der Waals surface area contributed by atoms with Gasteiger partial charge >= 0.3 is 0 Å². The van der Waals surface area contributed by atoms with Crippen LogP contribution in [0.15, 0.2) is 77.7 Å². The van der Waals surface area contributed by atoms with Crippen molar-refractivity contribution < 1.29 is 4.79 Å². The zero-order valence-electron chi connectivity index (χ0n) is 15.9. The summed E-state index contributed by atoms with van der Waals surface area (Å²) in [6.07, 6.45) is 1.94. The largest absolute Gasteiger partial charge is 0.324 e. The Labute approximate surface area is 159 Å². The van der Waals surface area contributed by atoms with Gasteiger partial charge in [0.05, 0.1) is 12.1 Å². The summed E-state index contributed by atoms with van der Waals surface area (Å²) in [5.41, 5.74) is 3.49. The zero-order valence-corrected chi connectivity index (χ0v) is 15.9. The number of rotatable bonds is 4. The summed E-state index contributed by atoms with van der Waals surface area (Å²) < 4.78 is 1.52. The average Bonchev–Trinajstić information content (AvgIpc) is 2.64. The molecule has 0 fully saturated rings. The topological polar surface area (TPSA) is 51.1 Å². The molecule has 0 bridgehead atoms. The third-order valence-electron chi connectivity index (χ3n) is 4.41. The van der Waals surface area contributed by atoms with Crippen LogP contribution in [0.1, 0.15) is 31.9 Å². The fraction of sp³-hybridized carbons (Fsp3) is 0.217. The number of aromatic nitrogens is 1. The van der Waals surface area contributed by atoms with Gasteiger partial charge in [0.25, 0.3) is 5.56 Å². The molecule has 0 spiro atoms. The molecule has 0 saturated carbocycles. The van der Waals surface area contributed by atoms with Gasteiger partial charge in [-0.3, -0.25) is 14.2 Å². The van der Waals surface area contributed by atoms with E-state index in [4.69, 9.17) is 0 Å². The van der Waals surface area contributed by atoms with Crippen LogP contribution in [0, 0.1) is 0 Å². The minimum atomic E-state index is -0.142. The highest BCUT2D eigenvalue weighted by Gasteiger charge is 2.13. The monoisotopic (exact) mass is 360 g/mol. The van der Waals surface area contributed by atoms with Gasteiger partial charge in [-0.1, -0.05) is 63.2 Å². The number of anilines is 1. The molecule has 1 amide bonds. The Hall–Kier alpha value is -3.14. The molecule has 2 aromatic carbocycles. The lowest BCUT2D eigenvalue weighted by Gasteiger charge is -2.19. The summed E-state index contributed by atoms with van der Waals surface area (Å²) in [5.74, 6) is -0.114. The standard InChI is InChI=1S/C23H24N2O2/c1-23(2,3)18-11-9-17(10-12-18)15-21(26)24-19-13-14-22(27)25(16-19)20-7-5-4-6-8-20/h4-14,16H,15H2,1-3H3,(H,24,26). The smallest absolute Gasteiger partial charge is 0.255 e. The van der Waals surface area contributed by atoms with Gasteiger partial charge in [0.1, 0.15) is 0 Å². The van der Waals surface area contributed by atoms with Gasteiger partial charge in [0.2, 0.25) is 5.91 Å². The first-order chi connectivity index (χ1) is 12.8. The van der Waals surface area contributed by atoms with E-state index in [0.717, 1.165) is 11.3 Å². The first-order valence-corrected chi connectivity index (χ1v) is 9.00. The molecule has 4 nitrogen and oxygen atoms in total. The van der Waals surface area contributed by atoms with Crippen LogP contribution in [0.4, 0.5) is 5.69 Å². The van der Waals surface area contributed by atoms with E-state index in [1.165, 1.54) is 16.2 Å². The van der Waals surface area contributed by atoms with Gasteiger partial charge in [-0.05, 0) is 34.7 Å². The maximum absolute atomic E-state index is 12.4. The number of carbonyl (C=O) groups excluding carboxylic acids is 1. The predicted molar refractivity (Wildman–Crippen MR) is 110 cm³/mol. The molecule has 0 unspecified atom stereocenters. The van der Waals surface area contributed by atoms with Crippen molar-refractivity contribution in [1.82, 2.24) is 4.57 Å². The number of nitrogens with zero attached hydrogens (tertiary/aromatic N) is 1. The van der Waals surface area contributed by atoms with E-state index in [-0.39, 0.29) is 23.3 Å². The first-order valence-electron chi connectivity index (χ1n) is 9.00. The van der Waals surface area contributed by atoms with E-state index >= 15 is 0 Å². The van der Waals surface area contributed by atoms with E-state index < -0.39 is 0 Å². The number of amides is 1. The quantitative estimate of drug-likeness (QED) is 0.753. The van der Waals surface area contributed by atoms with Crippen molar-refractivity contribution in [2.24, 2.45) is 0 Å². The molecule has 4 heteroatoms. The summed E-state index contributed by atoms with van der Waals surface area (Å²) in [5, 5.41) is 2.87. The minimum absolute atomic E-state index is 0.0892. The molecule has 3 aromatic rings. The van der Waals surface area contributed by atoms with E-state index in [2.05, 4.69) is 38.2 Å². The van der Waals surface area contributed by atoms with Crippen molar-refractivity contribution in [2.75, 3.05) is 5.32 Å². The predicted octanol–water partition coefficient (Wildman–Crippen LogP) is 4.32. The number of hydrogen-bond donors (Lipinski definition) is 1. The second-order valence-corrected chi connectivity index (χ2v) is 7.63. The Balaban J connectivity index is 1.72. The van der Waals surface area contributed by atoms with E-state index in [0.29, 0.717) is 5.69 Å². The summed E-state index contributed by atoms with van der Waals surface area (Å²) in [4.78, 5) is 24.5. The van der Waals surface area contributed by atoms with Gasteiger partial charge in [0, 0.05) is 18.0 Å². The minimum Gasteiger partial charge on any atom is -0.324 e. The van der Waals surface area contributed by atoms with Crippen LogP contribution >= 0.6 is 0 Å². The normalized spacial score (nSPS) is 11.2. The SMILES string of the molecule is CC(C)(C)c1ccc(CC(=O)Nc2ccc(=O)n(-c3ccccc3)c2)cc1. The van der Waals surface area contributed by atoms with Crippen LogP contribution in [-0.2, 0) is 16.6 Å².